The second-order valence-corrected chi connectivity index (χ2v) is 7.04. The molecule has 0 saturated carbocycles. The van der Waals surface area contributed by atoms with Crippen LogP contribution in [0.15, 0.2) is 0 Å². The van der Waals surface area contributed by atoms with Crippen LogP contribution >= 0.6 is 11.8 Å². The number of aromatic nitrogens is 2. The molecular formula is C15H26N4S. The van der Waals surface area contributed by atoms with E-state index in [-0.39, 0.29) is 0 Å². The van der Waals surface area contributed by atoms with Crippen LogP contribution in [0.4, 0.5) is 11.6 Å². The molecule has 1 aliphatic rings. The number of anilines is 2. The van der Waals surface area contributed by atoms with Gasteiger partial charge in [0.25, 0.3) is 0 Å². The molecule has 1 aromatic heterocycles. The van der Waals surface area contributed by atoms with E-state index in [1.165, 1.54) is 17.7 Å². The van der Waals surface area contributed by atoms with Crippen molar-refractivity contribution in [1.29, 1.82) is 0 Å². The Morgan fingerprint density at radius 1 is 1.40 bits per heavy atom. The number of nitrogens with zero attached hydrogens (tertiary/aromatic N) is 3. The zero-order valence-electron chi connectivity index (χ0n) is 13.2. The third-order valence-corrected chi connectivity index (χ3v) is 5.16. The number of hydrogen-bond donors (Lipinski definition) is 1. The molecule has 0 aromatic carbocycles. The second-order valence-electron chi connectivity index (χ2n) is 5.63. The first-order valence-corrected chi connectivity index (χ1v) is 8.54. The summed E-state index contributed by atoms with van der Waals surface area (Å²) in [5.74, 6) is 4.55. The van der Waals surface area contributed by atoms with Gasteiger partial charge in [-0.3, -0.25) is 0 Å². The lowest BCUT2D eigenvalue weighted by atomic mass is 10.2. The summed E-state index contributed by atoms with van der Waals surface area (Å²) in [5.41, 5.74) is 1.17. The van der Waals surface area contributed by atoms with Crippen LogP contribution in [0.1, 0.15) is 44.5 Å². The van der Waals surface area contributed by atoms with Crippen molar-refractivity contribution in [3.05, 3.63) is 11.4 Å². The summed E-state index contributed by atoms with van der Waals surface area (Å²) >= 11 is 2.09. The lowest BCUT2D eigenvalue weighted by Crippen LogP contribution is -2.39. The van der Waals surface area contributed by atoms with Crippen LogP contribution in [0.3, 0.4) is 0 Å². The molecule has 2 rings (SSSR count). The Morgan fingerprint density at radius 3 is 2.75 bits per heavy atom. The maximum Gasteiger partial charge on any atom is 0.137 e. The Hall–Kier alpha value is -0.970. The number of rotatable bonds is 4. The van der Waals surface area contributed by atoms with Gasteiger partial charge in [-0.1, -0.05) is 20.8 Å². The summed E-state index contributed by atoms with van der Waals surface area (Å²) in [4.78, 5) is 11.9. The maximum absolute atomic E-state index is 4.84. The van der Waals surface area contributed by atoms with Crippen LogP contribution in [-0.2, 0) is 0 Å². The summed E-state index contributed by atoms with van der Waals surface area (Å²) in [6.07, 6.45) is 1.22. The third kappa shape index (κ3) is 3.19. The first kappa shape index (κ1) is 15.4. The lowest BCUT2D eigenvalue weighted by Gasteiger charge is -2.34. The van der Waals surface area contributed by atoms with Crippen molar-refractivity contribution < 1.29 is 0 Å². The minimum atomic E-state index is 0.350. The van der Waals surface area contributed by atoms with Gasteiger partial charge in [0.2, 0.25) is 0 Å². The molecular weight excluding hydrogens is 268 g/mol. The highest BCUT2D eigenvalue weighted by Gasteiger charge is 2.23. The third-order valence-electron chi connectivity index (χ3n) is 3.78. The van der Waals surface area contributed by atoms with E-state index < -0.39 is 0 Å². The van der Waals surface area contributed by atoms with Gasteiger partial charge in [-0.05, 0) is 13.3 Å². The second kappa shape index (κ2) is 6.66. The number of hydrogen-bond acceptors (Lipinski definition) is 5. The van der Waals surface area contributed by atoms with E-state index in [2.05, 4.69) is 54.7 Å². The Morgan fingerprint density at radius 2 is 2.15 bits per heavy atom. The van der Waals surface area contributed by atoms with E-state index in [4.69, 9.17) is 4.98 Å². The van der Waals surface area contributed by atoms with Crippen LogP contribution in [-0.4, -0.2) is 41.1 Å². The maximum atomic E-state index is 4.84. The van der Waals surface area contributed by atoms with Gasteiger partial charge >= 0.3 is 0 Å². The molecule has 1 saturated heterocycles. The molecule has 112 valence electrons. The molecule has 1 unspecified atom stereocenters. The normalized spacial score (nSPS) is 19.5. The van der Waals surface area contributed by atoms with Crippen molar-refractivity contribution in [3.63, 3.8) is 0 Å². The fraction of sp³-hybridized carbons (Fsp3) is 0.733. The van der Waals surface area contributed by atoms with Crippen LogP contribution < -0.4 is 10.2 Å². The standard InChI is InChI=1S/C15H26N4S/c1-6-12-9-19(7-8-20-12)15-11(4)14(16-5)17-13(18-15)10(2)3/h10,12H,6-9H2,1-5H3,(H,16,17,18). The van der Waals surface area contributed by atoms with Crippen molar-refractivity contribution in [1.82, 2.24) is 9.97 Å². The SMILES string of the molecule is CCC1CN(c2nc(C(C)C)nc(NC)c2C)CCS1. The highest BCUT2D eigenvalue weighted by Crippen LogP contribution is 2.30. The number of nitrogens with one attached hydrogen (secondary N) is 1. The highest BCUT2D eigenvalue weighted by atomic mass is 32.2. The minimum Gasteiger partial charge on any atom is -0.373 e. The van der Waals surface area contributed by atoms with Crippen molar-refractivity contribution in [2.75, 3.05) is 36.1 Å². The molecule has 2 heterocycles. The zero-order valence-corrected chi connectivity index (χ0v) is 14.0. The fourth-order valence-corrected chi connectivity index (χ4v) is 3.67. The Kier molecular flexibility index (Phi) is 5.13. The monoisotopic (exact) mass is 294 g/mol. The molecule has 1 atom stereocenters. The van der Waals surface area contributed by atoms with E-state index in [1.807, 2.05) is 7.05 Å². The zero-order chi connectivity index (χ0) is 14.7. The van der Waals surface area contributed by atoms with E-state index in [0.717, 1.165) is 35.8 Å². The summed E-state index contributed by atoms with van der Waals surface area (Å²) in [7, 11) is 1.93. The van der Waals surface area contributed by atoms with E-state index in [9.17, 15) is 0 Å². The molecule has 0 radical (unpaired) electrons. The fourth-order valence-electron chi connectivity index (χ4n) is 2.49. The van der Waals surface area contributed by atoms with Crippen LogP contribution in [0, 0.1) is 6.92 Å². The number of thioether (sulfide) groups is 1. The summed E-state index contributed by atoms with van der Waals surface area (Å²) in [6, 6.07) is 0. The van der Waals surface area contributed by atoms with E-state index >= 15 is 0 Å². The Bertz CT molecular complexity index is 461. The van der Waals surface area contributed by atoms with Gasteiger partial charge in [0.15, 0.2) is 0 Å². The topological polar surface area (TPSA) is 41.1 Å². The van der Waals surface area contributed by atoms with E-state index in [0.29, 0.717) is 5.92 Å². The van der Waals surface area contributed by atoms with Gasteiger partial charge in [0.05, 0.1) is 0 Å². The highest BCUT2D eigenvalue weighted by molar-refractivity contribution is 8.00. The van der Waals surface area contributed by atoms with Crippen molar-refractivity contribution >= 4 is 23.4 Å². The first-order valence-electron chi connectivity index (χ1n) is 7.49. The molecule has 20 heavy (non-hydrogen) atoms. The molecule has 0 bridgehead atoms. The molecule has 1 N–H and O–H groups in total. The summed E-state index contributed by atoms with van der Waals surface area (Å²) in [6.45, 7) is 10.9. The summed E-state index contributed by atoms with van der Waals surface area (Å²) in [5, 5.41) is 3.93. The van der Waals surface area contributed by atoms with Crippen molar-refractivity contribution in [2.24, 2.45) is 0 Å². The Labute approximate surface area is 126 Å². The minimum absolute atomic E-state index is 0.350. The predicted molar refractivity (Wildman–Crippen MR) is 89.2 cm³/mol. The smallest absolute Gasteiger partial charge is 0.137 e. The van der Waals surface area contributed by atoms with Crippen molar-refractivity contribution in [3.8, 4) is 0 Å². The summed E-state index contributed by atoms with van der Waals surface area (Å²) < 4.78 is 0. The Balaban J connectivity index is 2.36. The molecule has 0 amide bonds. The average molecular weight is 294 g/mol. The van der Waals surface area contributed by atoms with Crippen LogP contribution in [0.5, 0.6) is 0 Å². The van der Waals surface area contributed by atoms with Gasteiger partial charge in [-0.25, -0.2) is 9.97 Å². The first-order chi connectivity index (χ1) is 9.56. The van der Waals surface area contributed by atoms with Gasteiger partial charge < -0.3 is 10.2 Å². The van der Waals surface area contributed by atoms with Crippen LogP contribution in [0.2, 0.25) is 0 Å². The molecule has 4 nitrogen and oxygen atoms in total. The molecule has 5 heteroatoms. The lowest BCUT2D eigenvalue weighted by molar-refractivity contribution is 0.702. The molecule has 1 aliphatic heterocycles. The van der Waals surface area contributed by atoms with Crippen LogP contribution in [0.25, 0.3) is 0 Å². The van der Waals surface area contributed by atoms with Gasteiger partial charge in [0.1, 0.15) is 17.5 Å². The van der Waals surface area contributed by atoms with E-state index in [1.54, 1.807) is 0 Å². The predicted octanol–water partition coefficient (Wildman–Crippen LogP) is 3.28. The van der Waals surface area contributed by atoms with Crippen molar-refractivity contribution in [2.45, 2.75) is 45.3 Å². The average Bonchev–Trinajstić information content (AvgIpc) is 2.47. The quantitative estimate of drug-likeness (QED) is 0.923. The van der Waals surface area contributed by atoms with Gasteiger partial charge in [-0.15, -0.1) is 0 Å². The van der Waals surface area contributed by atoms with Gasteiger partial charge in [-0.2, -0.15) is 11.8 Å². The molecule has 0 aliphatic carbocycles. The molecule has 1 aromatic rings. The molecule has 1 fully saturated rings. The van der Waals surface area contributed by atoms with Gasteiger partial charge in [0, 0.05) is 42.6 Å². The molecule has 0 spiro atoms. The largest absolute Gasteiger partial charge is 0.373 e.